The van der Waals surface area contributed by atoms with Crippen molar-refractivity contribution in [3.8, 4) is 0 Å². The lowest BCUT2D eigenvalue weighted by atomic mass is 10.1. The molecule has 0 bridgehead atoms. The van der Waals surface area contributed by atoms with E-state index in [2.05, 4.69) is 16.9 Å². The monoisotopic (exact) mass is 226 g/mol. The SMILES string of the molecule is CCn1nccc1N1CCC(N)C(F)CC1. The molecule has 1 fully saturated rings. The average molecular weight is 226 g/mol. The van der Waals surface area contributed by atoms with Crippen molar-refractivity contribution in [3.63, 3.8) is 0 Å². The fraction of sp³-hybridized carbons (Fsp3) is 0.727. The maximum absolute atomic E-state index is 13.5. The van der Waals surface area contributed by atoms with Gasteiger partial charge in [-0.1, -0.05) is 0 Å². The molecule has 2 rings (SSSR count). The Balaban J connectivity index is 2.10. The van der Waals surface area contributed by atoms with Gasteiger partial charge in [-0.15, -0.1) is 0 Å². The maximum atomic E-state index is 13.5. The van der Waals surface area contributed by atoms with Gasteiger partial charge in [-0.05, 0) is 19.8 Å². The van der Waals surface area contributed by atoms with E-state index < -0.39 is 6.17 Å². The number of anilines is 1. The van der Waals surface area contributed by atoms with Gasteiger partial charge in [-0.3, -0.25) is 4.68 Å². The number of rotatable bonds is 2. The van der Waals surface area contributed by atoms with Crippen LogP contribution in [-0.4, -0.2) is 35.1 Å². The van der Waals surface area contributed by atoms with Gasteiger partial charge >= 0.3 is 0 Å². The van der Waals surface area contributed by atoms with E-state index in [9.17, 15) is 4.39 Å². The maximum Gasteiger partial charge on any atom is 0.126 e. The molecule has 16 heavy (non-hydrogen) atoms. The molecule has 2 unspecified atom stereocenters. The second-order valence-electron chi connectivity index (χ2n) is 4.25. The molecule has 0 spiro atoms. The summed E-state index contributed by atoms with van der Waals surface area (Å²) in [6.45, 7) is 4.43. The van der Waals surface area contributed by atoms with Crippen LogP contribution in [0.15, 0.2) is 12.3 Å². The minimum absolute atomic E-state index is 0.317. The summed E-state index contributed by atoms with van der Waals surface area (Å²) in [7, 11) is 0. The second kappa shape index (κ2) is 4.82. The summed E-state index contributed by atoms with van der Waals surface area (Å²) in [6, 6.07) is 1.66. The summed E-state index contributed by atoms with van der Waals surface area (Å²) in [5.41, 5.74) is 5.74. The van der Waals surface area contributed by atoms with Crippen molar-refractivity contribution in [2.45, 2.75) is 38.5 Å². The Bertz CT molecular complexity index is 326. The van der Waals surface area contributed by atoms with E-state index in [0.717, 1.165) is 25.5 Å². The molecular weight excluding hydrogens is 207 g/mol. The van der Waals surface area contributed by atoms with Crippen LogP contribution >= 0.6 is 0 Å². The highest BCUT2D eigenvalue weighted by molar-refractivity contribution is 5.38. The third-order valence-electron chi connectivity index (χ3n) is 3.19. The molecule has 1 saturated heterocycles. The molecule has 0 saturated carbocycles. The second-order valence-corrected chi connectivity index (χ2v) is 4.25. The molecule has 0 aliphatic carbocycles. The number of aryl methyl sites for hydroxylation is 1. The predicted octanol–water partition coefficient (Wildman–Crippen LogP) is 1.17. The largest absolute Gasteiger partial charge is 0.357 e. The summed E-state index contributed by atoms with van der Waals surface area (Å²) in [5, 5.41) is 4.23. The molecule has 4 nitrogen and oxygen atoms in total. The molecule has 1 aliphatic rings. The van der Waals surface area contributed by atoms with Crippen LogP contribution in [-0.2, 0) is 6.54 Å². The van der Waals surface area contributed by atoms with Gasteiger partial charge in [0.2, 0.25) is 0 Å². The molecule has 0 amide bonds. The summed E-state index contributed by atoms with van der Waals surface area (Å²) >= 11 is 0. The molecule has 1 aliphatic heterocycles. The first-order valence-corrected chi connectivity index (χ1v) is 5.88. The number of hydrogen-bond acceptors (Lipinski definition) is 3. The van der Waals surface area contributed by atoms with Crippen molar-refractivity contribution in [1.82, 2.24) is 9.78 Å². The molecular formula is C11H19FN4. The van der Waals surface area contributed by atoms with E-state index in [1.54, 1.807) is 6.20 Å². The van der Waals surface area contributed by atoms with Crippen molar-refractivity contribution in [1.29, 1.82) is 0 Å². The molecule has 5 heteroatoms. The summed E-state index contributed by atoms with van der Waals surface area (Å²) < 4.78 is 15.4. The number of alkyl halides is 1. The van der Waals surface area contributed by atoms with Crippen LogP contribution in [0, 0.1) is 0 Å². The Morgan fingerprint density at radius 3 is 3.00 bits per heavy atom. The van der Waals surface area contributed by atoms with Gasteiger partial charge in [0.05, 0.1) is 6.20 Å². The number of nitrogens with zero attached hydrogens (tertiary/aromatic N) is 3. The van der Waals surface area contributed by atoms with Crippen LogP contribution in [0.2, 0.25) is 0 Å². The van der Waals surface area contributed by atoms with Crippen molar-refractivity contribution >= 4 is 5.82 Å². The van der Waals surface area contributed by atoms with Gasteiger partial charge in [0.25, 0.3) is 0 Å². The minimum atomic E-state index is -0.872. The van der Waals surface area contributed by atoms with Gasteiger partial charge < -0.3 is 10.6 Å². The fourth-order valence-electron chi connectivity index (χ4n) is 2.16. The minimum Gasteiger partial charge on any atom is -0.357 e. The number of nitrogens with two attached hydrogens (primary N) is 1. The fourth-order valence-corrected chi connectivity index (χ4v) is 2.16. The Labute approximate surface area is 95.2 Å². The van der Waals surface area contributed by atoms with Crippen molar-refractivity contribution in [3.05, 3.63) is 12.3 Å². The van der Waals surface area contributed by atoms with Crippen molar-refractivity contribution in [2.75, 3.05) is 18.0 Å². The standard InChI is InChI=1S/C11H19FN4/c1-2-16-11(3-6-14-16)15-7-4-9(12)10(13)5-8-15/h3,6,9-10H,2,4-5,7-8,13H2,1H3. The van der Waals surface area contributed by atoms with Gasteiger partial charge in [0, 0.05) is 31.7 Å². The van der Waals surface area contributed by atoms with Crippen molar-refractivity contribution in [2.24, 2.45) is 5.73 Å². The van der Waals surface area contributed by atoms with Gasteiger partial charge in [-0.2, -0.15) is 5.10 Å². The first-order valence-electron chi connectivity index (χ1n) is 5.88. The average Bonchev–Trinajstić information content (AvgIpc) is 2.70. The van der Waals surface area contributed by atoms with E-state index >= 15 is 0 Å². The first-order chi connectivity index (χ1) is 7.72. The smallest absolute Gasteiger partial charge is 0.126 e. The quantitative estimate of drug-likeness (QED) is 0.823. The highest BCUT2D eigenvalue weighted by Crippen LogP contribution is 2.20. The molecule has 2 atom stereocenters. The molecule has 0 radical (unpaired) electrons. The zero-order chi connectivity index (χ0) is 11.5. The van der Waals surface area contributed by atoms with Crippen LogP contribution < -0.4 is 10.6 Å². The van der Waals surface area contributed by atoms with E-state index in [-0.39, 0.29) is 6.04 Å². The molecule has 1 aromatic heterocycles. The Morgan fingerprint density at radius 2 is 2.25 bits per heavy atom. The topological polar surface area (TPSA) is 47.1 Å². The lowest BCUT2D eigenvalue weighted by Crippen LogP contribution is -2.31. The molecule has 1 aromatic rings. The van der Waals surface area contributed by atoms with E-state index in [1.807, 2.05) is 10.7 Å². The Kier molecular flexibility index (Phi) is 3.43. The van der Waals surface area contributed by atoms with Gasteiger partial charge in [0.1, 0.15) is 12.0 Å². The van der Waals surface area contributed by atoms with Crippen LogP contribution in [0.3, 0.4) is 0 Å². The van der Waals surface area contributed by atoms with Crippen LogP contribution in [0.4, 0.5) is 10.2 Å². The van der Waals surface area contributed by atoms with Gasteiger partial charge in [-0.25, -0.2) is 4.39 Å². The summed E-state index contributed by atoms with van der Waals surface area (Å²) in [5.74, 6) is 1.07. The lowest BCUT2D eigenvalue weighted by Gasteiger charge is -2.22. The van der Waals surface area contributed by atoms with Crippen LogP contribution in [0.1, 0.15) is 19.8 Å². The van der Waals surface area contributed by atoms with Crippen molar-refractivity contribution < 1.29 is 4.39 Å². The van der Waals surface area contributed by atoms with E-state index in [4.69, 9.17) is 5.73 Å². The first kappa shape index (κ1) is 11.4. The molecule has 2 heterocycles. The molecule has 2 N–H and O–H groups in total. The third kappa shape index (κ3) is 2.19. The Morgan fingerprint density at radius 1 is 1.50 bits per heavy atom. The van der Waals surface area contributed by atoms with Gasteiger partial charge in [0.15, 0.2) is 0 Å². The summed E-state index contributed by atoms with van der Waals surface area (Å²) in [4.78, 5) is 2.18. The lowest BCUT2D eigenvalue weighted by molar-refractivity contribution is 0.274. The highest BCUT2D eigenvalue weighted by Gasteiger charge is 2.24. The number of hydrogen-bond donors (Lipinski definition) is 1. The molecule has 90 valence electrons. The van der Waals surface area contributed by atoms with Crippen LogP contribution in [0.5, 0.6) is 0 Å². The van der Waals surface area contributed by atoms with E-state index in [0.29, 0.717) is 12.8 Å². The zero-order valence-electron chi connectivity index (χ0n) is 9.64. The molecule has 0 aromatic carbocycles. The highest BCUT2D eigenvalue weighted by atomic mass is 19.1. The normalized spacial score (nSPS) is 26.8. The number of aromatic nitrogens is 2. The zero-order valence-corrected chi connectivity index (χ0v) is 9.64. The number of halogens is 1. The summed E-state index contributed by atoms with van der Waals surface area (Å²) in [6.07, 6.45) is 2.13. The van der Waals surface area contributed by atoms with Crippen LogP contribution in [0.25, 0.3) is 0 Å². The third-order valence-corrected chi connectivity index (χ3v) is 3.19. The Hall–Kier alpha value is -1.10. The predicted molar refractivity (Wildman–Crippen MR) is 62.2 cm³/mol. The van der Waals surface area contributed by atoms with E-state index in [1.165, 1.54) is 0 Å².